The molecule has 1 aliphatic carbocycles. The molecule has 1 aromatic rings. The van der Waals surface area contributed by atoms with Gasteiger partial charge in [-0.15, -0.1) is 0 Å². The van der Waals surface area contributed by atoms with E-state index in [0.717, 1.165) is 19.6 Å². The number of benzene rings is 1. The number of hydrogen-bond acceptors (Lipinski definition) is 2. The van der Waals surface area contributed by atoms with E-state index < -0.39 is 0 Å². The minimum Gasteiger partial charge on any atom is -0.330 e. The second kappa shape index (κ2) is 4.79. The highest BCUT2D eigenvalue weighted by molar-refractivity contribution is 5.23. The van der Waals surface area contributed by atoms with Crippen LogP contribution in [-0.4, -0.2) is 19.6 Å². The third kappa shape index (κ3) is 3.08. The first-order valence-corrected chi connectivity index (χ1v) is 6.54. The van der Waals surface area contributed by atoms with E-state index in [-0.39, 0.29) is 5.41 Å². The van der Waals surface area contributed by atoms with Crippen molar-refractivity contribution in [2.75, 3.05) is 19.6 Å². The molecule has 1 aromatic carbocycles. The third-order valence-electron chi connectivity index (χ3n) is 4.01. The van der Waals surface area contributed by atoms with Crippen molar-refractivity contribution in [1.82, 2.24) is 5.32 Å². The fourth-order valence-electron chi connectivity index (χ4n) is 2.26. The lowest BCUT2D eigenvalue weighted by molar-refractivity contribution is 0.410. The van der Waals surface area contributed by atoms with Gasteiger partial charge in [-0.2, -0.15) is 0 Å². The largest absolute Gasteiger partial charge is 0.330 e. The molecule has 1 saturated carbocycles. The summed E-state index contributed by atoms with van der Waals surface area (Å²) in [5.74, 6) is 0. The molecule has 2 rings (SSSR count). The predicted octanol–water partition coefficient (Wildman–Crippen LogP) is 2.29. The molecular formula is C15H24N2. The maximum absolute atomic E-state index is 5.79. The van der Waals surface area contributed by atoms with Gasteiger partial charge in [0.2, 0.25) is 0 Å². The average Bonchev–Trinajstić information content (AvgIpc) is 3.11. The minimum atomic E-state index is 0.186. The molecule has 1 fully saturated rings. The Bertz CT molecular complexity index is 352. The van der Waals surface area contributed by atoms with Crippen LogP contribution in [0.4, 0.5) is 0 Å². The molecular weight excluding hydrogens is 208 g/mol. The molecule has 17 heavy (non-hydrogen) atoms. The molecule has 0 aliphatic heterocycles. The van der Waals surface area contributed by atoms with E-state index in [0.29, 0.717) is 5.41 Å². The standard InChI is InChI=1S/C15H24N2/c1-14(2,13-6-4-3-5-7-13)11-17-12-15(10-16)8-9-15/h3-7,17H,8-12,16H2,1-2H3. The van der Waals surface area contributed by atoms with Gasteiger partial charge in [-0.1, -0.05) is 44.2 Å². The van der Waals surface area contributed by atoms with Gasteiger partial charge >= 0.3 is 0 Å². The van der Waals surface area contributed by atoms with E-state index in [9.17, 15) is 0 Å². The summed E-state index contributed by atoms with van der Waals surface area (Å²) in [7, 11) is 0. The highest BCUT2D eigenvalue weighted by atomic mass is 14.9. The maximum atomic E-state index is 5.79. The van der Waals surface area contributed by atoms with Crippen LogP contribution < -0.4 is 11.1 Å². The van der Waals surface area contributed by atoms with Crippen molar-refractivity contribution < 1.29 is 0 Å². The lowest BCUT2D eigenvalue weighted by atomic mass is 9.84. The minimum absolute atomic E-state index is 0.186. The summed E-state index contributed by atoms with van der Waals surface area (Å²) < 4.78 is 0. The summed E-state index contributed by atoms with van der Waals surface area (Å²) in [5, 5.41) is 3.60. The molecule has 0 amide bonds. The van der Waals surface area contributed by atoms with Gasteiger partial charge in [0.1, 0.15) is 0 Å². The first-order chi connectivity index (χ1) is 8.08. The zero-order chi connectivity index (χ0) is 12.4. The summed E-state index contributed by atoms with van der Waals surface area (Å²) in [6.45, 7) is 7.49. The van der Waals surface area contributed by atoms with Crippen molar-refractivity contribution in [1.29, 1.82) is 0 Å². The molecule has 0 radical (unpaired) electrons. The number of nitrogens with two attached hydrogens (primary N) is 1. The zero-order valence-corrected chi connectivity index (χ0v) is 11.0. The molecule has 3 N–H and O–H groups in total. The number of nitrogens with one attached hydrogen (secondary N) is 1. The second-order valence-corrected chi connectivity index (χ2v) is 6.06. The zero-order valence-electron chi connectivity index (χ0n) is 11.0. The van der Waals surface area contributed by atoms with Gasteiger partial charge in [0.25, 0.3) is 0 Å². The van der Waals surface area contributed by atoms with Gasteiger partial charge in [-0.3, -0.25) is 0 Å². The molecule has 0 saturated heterocycles. The van der Waals surface area contributed by atoms with E-state index in [1.807, 2.05) is 0 Å². The fraction of sp³-hybridized carbons (Fsp3) is 0.600. The molecule has 0 heterocycles. The van der Waals surface area contributed by atoms with Gasteiger partial charge in [0.05, 0.1) is 0 Å². The summed E-state index contributed by atoms with van der Waals surface area (Å²) >= 11 is 0. The Balaban J connectivity index is 1.85. The molecule has 0 spiro atoms. The van der Waals surface area contributed by atoms with Crippen LogP contribution in [0.1, 0.15) is 32.3 Å². The summed E-state index contributed by atoms with van der Waals surface area (Å²) in [6.07, 6.45) is 2.59. The molecule has 1 aliphatic rings. The number of rotatable bonds is 6. The topological polar surface area (TPSA) is 38.0 Å². The Morgan fingerprint density at radius 3 is 2.41 bits per heavy atom. The summed E-state index contributed by atoms with van der Waals surface area (Å²) in [6, 6.07) is 10.7. The van der Waals surface area contributed by atoms with Crippen LogP contribution in [-0.2, 0) is 5.41 Å². The van der Waals surface area contributed by atoms with Crippen LogP contribution in [0, 0.1) is 5.41 Å². The quantitative estimate of drug-likeness (QED) is 0.790. The van der Waals surface area contributed by atoms with Crippen molar-refractivity contribution >= 4 is 0 Å². The first kappa shape index (κ1) is 12.6. The monoisotopic (exact) mass is 232 g/mol. The SMILES string of the molecule is CC(C)(CNCC1(CN)CC1)c1ccccc1. The van der Waals surface area contributed by atoms with Gasteiger partial charge in [0, 0.05) is 18.5 Å². The van der Waals surface area contributed by atoms with Gasteiger partial charge < -0.3 is 11.1 Å². The van der Waals surface area contributed by atoms with Crippen LogP contribution in [0.3, 0.4) is 0 Å². The predicted molar refractivity (Wildman–Crippen MR) is 73.1 cm³/mol. The molecule has 2 nitrogen and oxygen atoms in total. The van der Waals surface area contributed by atoms with Gasteiger partial charge in [-0.05, 0) is 30.4 Å². The Morgan fingerprint density at radius 1 is 1.24 bits per heavy atom. The Labute approximate surface area is 105 Å². The highest BCUT2D eigenvalue weighted by Crippen LogP contribution is 2.43. The Morgan fingerprint density at radius 2 is 1.88 bits per heavy atom. The molecule has 0 atom stereocenters. The van der Waals surface area contributed by atoms with Crippen molar-refractivity contribution in [2.24, 2.45) is 11.1 Å². The lowest BCUT2D eigenvalue weighted by Gasteiger charge is -2.27. The van der Waals surface area contributed by atoms with Crippen molar-refractivity contribution in [3.63, 3.8) is 0 Å². The average molecular weight is 232 g/mol. The highest BCUT2D eigenvalue weighted by Gasteiger charge is 2.40. The molecule has 94 valence electrons. The Hall–Kier alpha value is -0.860. The van der Waals surface area contributed by atoms with Crippen LogP contribution in [0.15, 0.2) is 30.3 Å². The first-order valence-electron chi connectivity index (χ1n) is 6.54. The summed E-state index contributed by atoms with van der Waals surface area (Å²) in [4.78, 5) is 0. The fourth-order valence-corrected chi connectivity index (χ4v) is 2.26. The molecule has 2 heteroatoms. The van der Waals surface area contributed by atoms with Crippen LogP contribution in [0.5, 0.6) is 0 Å². The van der Waals surface area contributed by atoms with E-state index in [2.05, 4.69) is 49.5 Å². The smallest absolute Gasteiger partial charge is 0.00434 e. The van der Waals surface area contributed by atoms with E-state index in [1.54, 1.807) is 0 Å². The van der Waals surface area contributed by atoms with Crippen LogP contribution in [0.2, 0.25) is 0 Å². The number of hydrogen-bond donors (Lipinski definition) is 2. The van der Waals surface area contributed by atoms with Crippen molar-refractivity contribution in [2.45, 2.75) is 32.1 Å². The van der Waals surface area contributed by atoms with Crippen LogP contribution in [0.25, 0.3) is 0 Å². The van der Waals surface area contributed by atoms with E-state index >= 15 is 0 Å². The van der Waals surface area contributed by atoms with E-state index in [4.69, 9.17) is 5.73 Å². The third-order valence-corrected chi connectivity index (χ3v) is 4.01. The lowest BCUT2D eigenvalue weighted by Crippen LogP contribution is -2.38. The van der Waals surface area contributed by atoms with Gasteiger partial charge in [0.15, 0.2) is 0 Å². The van der Waals surface area contributed by atoms with E-state index in [1.165, 1.54) is 18.4 Å². The molecule has 0 bridgehead atoms. The normalized spacial score (nSPS) is 18.1. The summed E-state index contributed by atoms with van der Waals surface area (Å²) in [5.41, 5.74) is 7.79. The van der Waals surface area contributed by atoms with Crippen molar-refractivity contribution in [3.8, 4) is 0 Å². The molecule has 0 unspecified atom stereocenters. The Kier molecular flexibility index (Phi) is 3.55. The molecule has 0 aromatic heterocycles. The van der Waals surface area contributed by atoms with Crippen molar-refractivity contribution in [3.05, 3.63) is 35.9 Å². The van der Waals surface area contributed by atoms with Gasteiger partial charge in [-0.25, -0.2) is 0 Å². The van der Waals surface area contributed by atoms with Crippen LogP contribution >= 0.6 is 0 Å². The second-order valence-electron chi connectivity index (χ2n) is 6.06. The maximum Gasteiger partial charge on any atom is 0.00434 e.